The van der Waals surface area contributed by atoms with Crippen LogP contribution in [-0.4, -0.2) is 76.4 Å². The van der Waals surface area contributed by atoms with Crippen molar-refractivity contribution in [3.05, 3.63) is 39.9 Å². The summed E-state index contributed by atoms with van der Waals surface area (Å²) in [5.41, 5.74) is -0.317. The van der Waals surface area contributed by atoms with Gasteiger partial charge in [-0.05, 0) is 52.9 Å². The van der Waals surface area contributed by atoms with Crippen LogP contribution in [0.3, 0.4) is 0 Å². The number of likely N-dealkylation sites (tertiary alicyclic amines) is 1. The van der Waals surface area contributed by atoms with Gasteiger partial charge in [-0.2, -0.15) is 0 Å². The zero-order valence-electron chi connectivity index (χ0n) is 22.8. The van der Waals surface area contributed by atoms with E-state index in [0.717, 1.165) is 0 Å². The molecular formula is C26H38N4O9. The minimum atomic E-state index is -1.11. The molecule has 0 aliphatic carbocycles. The summed E-state index contributed by atoms with van der Waals surface area (Å²) in [5, 5.41) is 25.9. The number of rotatable bonds is 12. The fourth-order valence-corrected chi connectivity index (χ4v) is 4.27. The van der Waals surface area contributed by atoms with E-state index in [-0.39, 0.29) is 31.8 Å². The first-order valence-corrected chi connectivity index (χ1v) is 13.0. The second kappa shape index (κ2) is 14.3. The number of amides is 3. The Morgan fingerprint density at radius 2 is 1.87 bits per heavy atom. The summed E-state index contributed by atoms with van der Waals surface area (Å²) in [6, 6.07) is 4.14. The zero-order valence-corrected chi connectivity index (χ0v) is 22.8. The molecule has 0 bridgehead atoms. The van der Waals surface area contributed by atoms with Crippen LogP contribution < -0.4 is 10.6 Å². The van der Waals surface area contributed by atoms with Gasteiger partial charge in [-0.25, -0.2) is 14.4 Å². The maximum atomic E-state index is 13.2. The number of carboxylic acid groups (broad SMARTS) is 1. The van der Waals surface area contributed by atoms with Gasteiger partial charge in [0.15, 0.2) is 0 Å². The number of nitro benzene ring substituents is 1. The Hall–Kier alpha value is -3.90. The number of benzene rings is 1. The number of carboxylic acids is 1. The largest absolute Gasteiger partial charge is 0.480 e. The minimum Gasteiger partial charge on any atom is -0.480 e. The van der Waals surface area contributed by atoms with Crippen molar-refractivity contribution in [3.63, 3.8) is 0 Å². The van der Waals surface area contributed by atoms with Crippen LogP contribution in [0.5, 0.6) is 0 Å². The third-order valence-electron chi connectivity index (χ3n) is 6.13. The molecule has 0 radical (unpaired) electrons. The lowest BCUT2D eigenvalue weighted by molar-refractivity contribution is -0.385. The molecule has 0 saturated carbocycles. The van der Waals surface area contributed by atoms with Crippen molar-refractivity contribution < 1.29 is 38.7 Å². The number of carbonyl (C=O) groups is 4. The Morgan fingerprint density at radius 3 is 2.51 bits per heavy atom. The first kappa shape index (κ1) is 31.3. The molecule has 216 valence electrons. The van der Waals surface area contributed by atoms with E-state index in [4.69, 9.17) is 9.47 Å². The van der Waals surface area contributed by atoms with Gasteiger partial charge in [0, 0.05) is 30.6 Å². The van der Waals surface area contributed by atoms with Crippen LogP contribution in [0.2, 0.25) is 0 Å². The molecule has 1 aliphatic heterocycles. The van der Waals surface area contributed by atoms with Crippen LogP contribution in [0.15, 0.2) is 24.3 Å². The highest BCUT2D eigenvalue weighted by molar-refractivity contribution is 5.89. The molecular weight excluding hydrogens is 512 g/mol. The predicted molar refractivity (Wildman–Crippen MR) is 140 cm³/mol. The van der Waals surface area contributed by atoms with Gasteiger partial charge in [-0.3, -0.25) is 14.9 Å². The van der Waals surface area contributed by atoms with Crippen LogP contribution in [0, 0.1) is 10.1 Å². The molecule has 1 unspecified atom stereocenters. The van der Waals surface area contributed by atoms with E-state index >= 15 is 0 Å². The fourth-order valence-electron chi connectivity index (χ4n) is 4.27. The van der Waals surface area contributed by atoms with Crippen LogP contribution >= 0.6 is 0 Å². The SMILES string of the molecule is CC(COC(=O)N[C@@H](CCCCNC(=O)OC(C)(C)C)C(=O)N1CCC[C@H]1C(=O)O)c1ccccc1[N+](=O)[O-]. The topological polar surface area (TPSA) is 177 Å². The molecule has 2 rings (SSSR count). The summed E-state index contributed by atoms with van der Waals surface area (Å²) in [4.78, 5) is 61.3. The standard InChI is InChI=1S/C26H38N4O9/c1-17(18-10-5-6-12-20(18)30(36)37)16-38-25(35)28-19(22(31)29-15-9-13-21(29)23(32)33)11-7-8-14-27-24(34)39-26(2,3)4/h5-6,10,12,17,19,21H,7-9,11,13-16H2,1-4H3,(H,27,34)(H,28,35)(H,32,33)/t17?,19-,21-/m0/s1. The fraction of sp³-hybridized carbons (Fsp3) is 0.615. The number of nitro groups is 1. The Balaban J connectivity index is 1.98. The first-order valence-electron chi connectivity index (χ1n) is 13.0. The molecule has 13 nitrogen and oxygen atoms in total. The summed E-state index contributed by atoms with van der Waals surface area (Å²) < 4.78 is 10.5. The van der Waals surface area contributed by atoms with E-state index in [1.807, 2.05) is 0 Å². The van der Waals surface area contributed by atoms with Crippen LogP contribution in [0.1, 0.15) is 71.3 Å². The van der Waals surface area contributed by atoms with Gasteiger partial charge in [0.2, 0.25) is 5.91 Å². The summed E-state index contributed by atoms with van der Waals surface area (Å²) in [6.07, 6.45) is 0.509. The predicted octanol–water partition coefficient (Wildman–Crippen LogP) is 3.56. The Morgan fingerprint density at radius 1 is 1.18 bits per heavy atom. The second-order valence-corrected chi connectivity index (χ2v) is 10.5. The maximum Gasteiger partial charge on any atom is 0.407 e. The number of nitrogens with zero attached hydrogens (tertiary/aromatic N) is 2. The van der Waals surface area contributed by atoms with Crippen molar-refractivity contribution in [2.75, 3.05) is 19.7 Å². The highest BCUT2D eigenvalue weighted by Gasteiger charge is 2.37. The third-order valence-corrected chi connectivity index (χ3v) is 6.13. The molecule has 1 aromatic carbocycles. The van der Waals surface area contributed by atoms with Gasteiger partial charge < -0.3 is 30.1 Å². The molecule has 1 aromatic rings. The van der Waals surface area contributed by atoms with Gasteiger partial charge in [0.1, 0.15) is 24.3 Å². The molecule has 1 fully saturated rings. The number of ether oxygens (including phenoxy) is 2. The molecule has 3 amide bonds. The molecule has 39 heavy (non-hydrogen) atoms. The van der Waals surface area contributed by atoms with Gasteiger partial charge in [0.25, 0.3) is 5.69 Å². The average molecular weight is 551 g/mol. The van der Waals surface area contributed by atoms with Crippen molar-refractivity contribution in [3.8, 4) is 0 Å². The van der Waals surface area contributed by atoms with E-state index < -0.39 is 52.6 Å². The molecule has 0 aromatic heterocycles. The lowest BCUT2D eigenvalue weighted by Gasteiger charge is -2.27. The highest BCUT2D eigenvalue weighted by Crippen LogP contribution is 2.26. The van der Waals surface area contributed by atoms with Crippen molar-refractivity contribution in [2.24, 2.45) is 0 Å². The lowest BCUT2D eigenvalue weighted by Crippen LogP contribution is -2.51. The molecule has 13 heteroatoms. The molecule has 1 aliphatic rings. The maximum absolute atomic E-state index is 13.2. The van der Waals surface area contributed by atoms with E-state index in [2.05, 4.69) is 10.6 Å². The van der Waals surface area contributed by atoms with Crippen molar-refractivity contribution in [1.82, 2.24) is 15.5 Å². The minimum absolute atomic E-state index is 0.0872. The average Bonchev–Trinajstić information content (AvgIpc) is 3.35. The molecule has 3 atom stereocenters. The monoisotopic (exact) mass is 550 g/mol. The smallest absolute Gasteiger partial charge is 0.407 e. The Labute approximate surface area is 227 Å². The van der Waals surface area contributed by atoms with Gasteiger partial charge >= 0.3 is 18.2 Å². The van der Waals surface area contributed by atoms with Crippen molar-refractivity contribution in [1.29, 1.82) is 0 Å². The third kappa shape index (κ3) is 10.1. The lowest BCUT2D eigenvalue weighted by atomic mass is 10.0. The number of aliphatic carboxylic acids is 1. The Bertz CT molecular complexity index is 1040. The molecule has 0 spiro atoms. The summed E-state index contributed by atoms with van der Waals surface area (Å²) in [5.74, 6) is -2.12. The summed E-state index contributed by atoms with van der Waals surface area (Å²) >= 11 is 0. The number of carbonyl (C=O) groups excluding carboxylic acids is 3. The Kier molecular flexibility index (Phi) is 11.5. The quantitative estimate of drug-likeness (QED) is 0.199. The van der Waals surface area contributed by atoms with Gasteiger partial charge in [-0.1, -0.05) is 25.1 Å². The van der Waals surface area contributed by atoms with Gasteiger partial charge in [0.05, 0.1) is 4.92 Å². The molecule has 3 N–H and O–H groups in total. The van der Waals surface area contributed by atoms with Crippen LogP contribution in [-0.2, 0) is 19.1 Å². The number of hydrogen-bond acceptors (Lipinski definition) is 8. The number of alkyl carbamates (subject to hydrolysis) is 2. The first-order chi connectivity index (χ1) is 18.3. The van der Waals surface area contributed by atoms with E-state index in [9.17, 15) is 34.4 Å². The van der Waals surface area contributed by atoms with Crippen molar-refractivity contribution in [2.45, 2.75) is 83.4 Å². The van der Waals surface area contributed by atoms with Gasteiger partial charge in [-0.15, -0.1) is 0 Å². The van der Waals surface area contributed by atoms with E-state index in [0.29, 0.717) is 31.2 Å². The normalized spacial score (nSPS) is 16.6. The molecule has 1 heterocycles. The van der Waals surface area contributed by atoms with Crippen LogP contribution in [0.25, 0.3) is 0 Å². The number of nitrogens with one attached hydrogen (secondary N) is 2. The summed E-state index contributed by atoms with van der Waals surface area (Å²) in [7, 11) is 0. The van der Waals surface area contributed by atoms with E-state index in [1.165, 1.54) is 11.0 Å². The number of hydrogen-bond donors (Lipinski definition) is 3. The highest BCUT2D eigenvalue weighted by atomic mass is 16.6. The number of para-hydroxylation sites is 1. The second-order valence-electron chi connectivity index (χ2n) is 10.5. The molecule has 1 saturated heterocycles. The van der Waals surface area contributed by atoms with Crippen molar-refractivity contribution >= 4 is 29.8 Å². The zero-order chi connectivity index (χ0) is 29.2. The number of unbranched alkanes of at least 4 members (excludes halogenated alkanes) is 1. The van der Waals surface area contributed by atoms with E-state index in [1.54, 1.807) is 45.9 Å². The summed E-state index contributed by atoms with van der Waals surface area (Å²) in [6.45, 7) is 7.30. The van der Waals surface area contributed by atoms with Crippen LogP contribution in [0.4, 0.5) is 15.3 Å².